The number of nitrogens with zero attached hydrogens (tertiary/aromatic N) is 3. The number of likely N-dealkylation sites (tertiary alicyclic amines) is 1. The number of carbonyl (C=O) groups is 2. The molecule has 3 heterocycles. The van der Waals surface area contributed by atoms with E-state index in [4.69, 9.17) is 9.47 Å². The molecule has 0 radical (unpaired) electrons. The minimum absolute atomic E-state index is 0.0407. The second-order valence-electron chi connectivity index (χ2n) is 13.0. The maximum absolute atomic E-state index is 14.8. The van der Waals surface area contributed by atoms with Crippen LogP contribution in [0.2, 0.25) is 0 Å². The van der Waals surface area contributed by atoms with Gasteiger partial charge in [0.15, 0.2) is 0 Å². The van der Waals surface area contributed by atoms with Gasteiger partial charge in [-0.15, -0.1) is 11.3 Å². The smallest absolute Gasteiger partial charge is 0.410 e. The fraction of sp³-hybridized carbons (Fsp3) is 0.486. The van der Waals surface area contributed by atoms with Crippen LogP contribution in [0.4, 0.5) is 4.79 Å². The molecule has 2 aliphatic rings. The van der Waals surface area contributed by atoms with E-state index in [1.165, 1.54) is 32.1 Å². The summed E-state index contributed by atoms with van der Waals surface area (Å²) in [5.74, 6) is -0.152. The quantitative estimate of drug-likeness (QED) is 0.187. The number of ether oxygens (including phenoxy) is 2. The van der Waals surface area contributed by atoms with Crippen molar-refractivity contribution in [2.75, 3.05) is 26.8 Å². The van der Waals surface area contributed by atoms with Gasteiger partial charge in [-0.2, -0.15) is 0 Å². The Bertz CT molecular complexity index is 1600. The average molecular weight is 602 g/mol. The van der Waals surface area contributed by atoms with Gasteiger partial charge in [0, 0.05) is 73.7 Å². The van der Waals surface area contributed by atoms with E-state index in [9.17, 15) is 9.59 Å². The van der Waals surface area contributed by atoms with Crippen LogP contribution in [0.25, 0.3) is 21.0 Å². The van der Waals surface area contributed by atoms with Gasteiger partial charge in [0.05, 0.1) is 5.92 Å². The van der Waals surface area contributed by atoms with E-state index in [0.717, 1.165) is 32.2 Å². The van der Waals surface area contributed by atoms with Crippen LogP contribution < -0.4 is 0 Å². The van der Waals surface area contributed by atoms with Crippen molar-refractivity contribution < 1.29 is 19.1 Å². The summed E-state index contributed by atoms with van der Waals surface area (Å²) in [7, 11) is 1.74. The van der Waals surface area contributed by atoms with Gasteiger partial charge in [-0.25, -0.2) is 4.79 Å². The molecule has 0 bridgehead atoms. The second kappa shape index (κ2) is 12.3. The van der Waals surface area contributed by atoms with Crippen molar-refractivity contribution in [2.45, 2.75) is 77.1 Å². The Morgan fingerprint density at radius 1 is 1.02 bits per heavy atom. The lowest BCUT2D eigenvalue weighted by Gasteiger charge is -2.40. The first-order valence-corrected chi connectivity index (χ1v) is 16.4. The van der Waals surface area contributed by atoms with Gasteiger partial charge in [0.2, 0.25) is 5.91 Å². The highest BCUT2D eigenvalue weighted by atomic mass is 32.1. The Morgan fingerprint density at radius 3 is 2.51 bits per heavy atom. The zero-order chi connectivity index (χ0) is 30.1. The number of rotatable bonds is 9. The van der Waals surface area contributed by atoms with E-state index in [2.05, 4.69) is 69.6 Å². The molecule has 1 aliphatic heterocycles. The van der Waals surface area contributed by atoms with Gasteiger partial charge in [0.25, 0.3) is 0 Å². The van der Waals surface area contributed by atoms with Crippen molar-refractivity contribution in [2.24, 2.45) is 5.92 Å². The average Bonchev–Trinajstić information content (AvgIpc) is 3.65. The summed E-state index contributed by atoms with van der Waals surface area (Å²) < 4.78 is 14.6. The zero-order valence-electron chi connectivity index (χ0n) is 25.8. The number of fused-ring (bicyclic) bond motifs is 2. The first kappa shape index (κ1) is 29.7. The van der Waals surface area contributed by atoms with E-state index in [-0.39, 0.29) is 29.9 Å². The number of thiophene rings is 1. The molecular formula is C35H43N3O4S. The molecule has 1 aliphatic carbocycles. The number of methoxy groups -OCH3 is 1. The fourth-order valence-electron chi connectivity index (χ4n) is 6.54. The predicted octanol–water partition coefficient (Wildman–Crippen LogP) is 7.42. The van der Waals surface area contributed by atoms with Crippen molar-refractivity contribution >= 4 is 44.3 Å². The van der Waals surface area contributed by atoms with Crippen molar-refractivity contribution in [1.29, 1.82) is 0 Å². The molecule has 2 amide bonds. The Kier molecular flexibility index (Phi) is 8.51. The van der Waals surface area contributed by atoms with E-state index >= 15 is 0 Å². The lowest BCUT2D eigenvalue weighted by atomic mass is 9.79. The molecule has 0 N–H and O–H groups in total. The maximum Gasteiger partial charge on any atom is 0.410 e. The van der Waals surface area contributed by atoms with Crippen LogP contribution in [-0.4, -0.2) is 64.8 Å². The third-order valence-electron chi connectivity index (χ3n) is 8.72. The molecule has 2 aromatic carbocycles. The SMILES string of the molecule is COCCCn1cc(CN(C(=O)[C@H]2CN(C(=O)OC(C)(C)C)CC[C@@H]2c2csc3ccccc23)C2CC2)c2ccccc21. The summed E-state index contributed by atoms with van der Waals surface area (Å²) >= 11 is 1.74. The van der Waals surface area contributed by atoms with Crippen LogP contribution >= 0.6 is 11.3 Å². The van der Waals surface area contributed by atoms with Crippen LogP contribution in [0.3, 0.4) is 0 Å². The fourth-order valence-corrected chi connectivity index (χ4v) is 7.56. The number of aromatic nitrogens is 1. The van der Waals surface area contributed by atoms with Crippen LogP contribution in [0.1, 0.15) is 63.5 Å². The molecular weight excluding hydrogens is 558 g/mol. The normalized spacial score (nSPS) is 19.2. The number of benzene rings is 2. The first-order chi connectivity index (χ1) is 20.7. The molecule has 8 heteroatoms. The van der Waals surface area contributed by atoms with Gasteiger partial charge >= 0.3 is 6.09 Å². The van der Waals surface area contributed by atoms with Gasteiger partial charge in [-0.3, -0.25) is 4.79 Å². The molecule has 0 spiro atoms. The monoisotopic (exact) mass is 601 g/mol. The van der Waals surface area contributed by atoms with Crippen molar-refractivity contribution in [3.63, 3.8) is 0 Å². The standard InChI is InChI=1S/C35H43N3O4S/c1-35(2,3)42-34(40)37-18-16-27(30-23-43-32-13-8-6-11-28(30)32)29(22-37)33(39)38(25-14-15-25)21-24-20-36(17-9-19-41-4)31-12-7-5-10-26(24)31/h5-8,10-13,20,23,25,27,29H,9,14-19,21-22H2,1-4H3/t27-,29-/m0/s1. The summed E-state index contributed by atoms with van der Waals surface area (Å²) in [5, 5.41) is 4.64. The second-order valence-corrected chi connectivity index (χ2v) is 13.9. The maximum atomic E-state index is 14.8. The Hall–Kier alpha value is -3.36. The number of aryl methyl sites for hydroxylation is 1. The molecule has 1 saturated carbocycles. The van der Waals surface area contributed by atoms with E-state index in [1.54, 1.807) is 23.3 Å². The van der Waals surface area contributed by atoms with E-state index in [0.29, 0.717) is 26.2 Å². The number of hydrogen-bond donors (Lipinski definition) is 0. The molecule has 2 fully saturated rings. The number of carbonyl (C=O) groups excluding carboxylic acids is 2. The Morgan fingerprint density at radius 2 is 1.77 bits per heavy atom. The van der Waals surface area contributed by atoms with Crippen molar-refractivity contribution in [1.82, 2.24) is 14.4 Å². The lowest BCUT2D eigenvalue weighted by molar-refractivity contribution is -0.139. The lowest BCUT2D eigenvalue weighted by Crippen LogP contribution is -2.51. The molecule has 0 unspecified atom stereocenters. The molecule has 43 heavy (non-hydrogen) atoms. The summed E-state index contributed by atoms with van der Waals surface area (Å²) in [5.41, 5.74) is 3.00. The van der Waals surface area contributed by atoms with Crippen LogP contribution in [-0.2, 0) is 27.4 Å². The van der Waals surface area contributed by atoms with Gasteiger partial charge in [-0.1, -0.05) is 36.4 Å². The predicted molar refractivity (Wildman–Crippen MR) is 172 cm³/mol. The number of piperidine rings is 1. The molecule has 7 nitrogen and oxygen atoms in total. The minimum Gasteiger partial charge on any atom is -0.444 e. The van der Waals surface area contributed by atoms with Crippen LogP contribution in [0.5, 0.6) is 0 Å². The third-order valence-corrected chi connectivity index (χ3v) is 9.70. The third kappa shape index (κ3) is 6.46. The van der Waals surface area contributed by atoms with Gasteiger partial charge in [0.1, 0.15) is 5.60 Å². The minimum atomic E-state index is -0.589. The number of hydrogen-bond acceptors (Lipinski definition) is 5. The van der Waals surface area contributed by atoms with Crippen LogP contribution in [0, 0.1) is 5.92 Å². The largest absolute Gasteiger partial charge is 0.444 e. The zero-order valence-corrected chi connectivity index (χ0v) is 26.6. The molecule has 2 atom stereocenters. The summed E-state index contributed by atoms with van der Waals surface area (Å²) in [6.07, 6.45) is 5.59. The first-order valence-electron chi connectivity index (χ1n) is 15.5. The van der Waals surface area contributed by atoms with Crippen molar-refractivity contribution in [3.8, 4) is 0 Å². The van der Waals surface area contributed by atoms with Gasteiger partial charge < -0.3 is 23.8 Å². The molecule has 6 rings (SSSR count). The molecule has 4 aromatic rings. The van der Waals surface area contributed by atoms with E-state index < -0.39 is 5.60 Å². The Balaban J connectivity index is 1.32. The number of amides is 2. The van der Waals surface area contributed by atoms with E-state index in [1.807, 2.05) is 20.8 Å². The Labute approximate surface area is 258 Å². The topological polar surface area (TPSA) is 64.0 Å². The molecule has 2 aromatic heterocycles. The highest BCUT2D eigenvalue weighted by Gasteiger charge is 2.44. The summed E-state index contributed by atoms with van der Waals surface area (Å²) in [6.45, 7) is 8.75. The summed E-state index contributed by atoms with van der Waals surface area (Å²) in [4.78, 5) is 31.9. The highest BCUT2D eigenvalue weighted by Crippen LogP contribution is 2.42. The summed E-state index contributed by atoms with van der Waals surface area (Å²) in [6, 6.07) is 17.2. The van der Waals surface area contributed by atoms with Crippen molar-refractivity contribution in [3.05, 3.63) is 71.2 Å². The molecule has 1 saturated heterocycles. The molecule has 228 valence electrons. The number of para-hydroxylation sites is 1. The highest BCUT2D eigenvalue weighted by molar-refractivity contribution is 7.17. The van der Waals surface area contributed by atoms with Gasteiger partial charge in [-0.05, 0) is 80.5 Å². The van der Waals surface area contributed by atoms with Crippen LogP contribution in [0.15, 0.2) is 60.1 Å².